The molecule has 5 nitrogen and oxygen atoms in total. The summed E-state index contributed by atoms with van der Waals surface area (Å²) in [5.41, 5.74) is 1.62. The molecule has 0 amide bonds. The van der Waals surface area contributed by atoms with Crippen LogP contribution in [0.15, 0.2) is 30.5 Å². The molecule has 0 aliphatic rings. The van der Waals surface area contributed by atoms with Gasteiger partial charge in [-0.3, -0.25) is 4.98 Å². The van der Waals surface area contributed by atoms with Crippen molar-refractivity contribution in [3.63, 3.8) is 0 Å². The van der Waals surface area contributed by atoms with Crippen molar-refractivity contribution >= 4 is 38.2 Å². The highest BCUT2D eigenvalue weighted by Gasteiger charge is 2.08. The molecule has 7 heteroatoms. The fraction of sp³-hybridized carbons (Fsp3) is 0.308. The molecule has 0 fully saturated rings. The SMILES string of the molecule is CCNS(=O)(=O)CCNc1ccnc2cc(Cl)ccc12. The van der Waals surface area contributed by atoms with E-state index in [0.717, 1.165) is 16.6 Å². The predicted octanol–water partition coefficient (Wildman–Crippen LogP) is 2.24. The van der Waals surface area contributed by atoms with Crippen LogP contribution in [0.5, 0.6) is 0 Å². The van der Waals surface area contributed by atoms with E-state index in [9.17, 15) is 8.42 Å². The number of halogens is 1. The fourth-order valence-electron chi connectivity index (χ4n) is 1.89. The lowest BCUT2D eigenvalue weighted by Crippen LogP contribution is -2.29. The first-order valence-electron chi connectivity index (χ1n) is 6.27. The zero-order valence-electron chi connectivity index (χ0n) is 11.1. The quantitative estimate of drug-likeness (QED) is 0.858. The van der Waals surface area contributed by atoms with E-state index in [1.807, 2.05) is 12.1 Å². The third kappa shape index (κ3) is 3.82. The van der Waals surface area contributed by atoms with Gasteiger partial charge in [0.25, 0.3) is 0 Å². The van der Waals surface area contributed by atoms with Crippen LogP contribution in [0, 0.1) is 0 Å². The Bertz CT molecular complexity index is 704. The van der Waals surface area contributed by atoms with Crippen LogP contribution in [-0.2, 0) is 10.0 Å². The maximum absolute atomic E-state index is 11.5. The molecule has 1 heterocycles. The van der Waals surface area contributed by atoms with Gasteiger partial charge in [-0.1, -0.05) is 18.5 Å². The summed E-state index contributed by atoms with van der Waals surface area (Å²) in [6, 6.07) is 7.24. The number of nitrogens with zero attached hydrogens (tertiary/aromatic N) is 1. The van der Waals surface area contributed by atoms with Crippen molar-refractivity contribution in [1.82, 2.24) is 9.71 Å². The van der Waals surface area contributed by atoms with Crippen LogP contribution in [0.25, 0.3) is 10.9 Å². The zero-order chi connectivity index (χ0) is 14.6. The third-order valence-corrected chi connectivity index (χ3v) is 4.46. The lowest BCUT2D eigenvalue weighted by Gasteiger charge is -2.10. The zero-order valence-corrected chi connectivity index (χ0v) is 12.6. The van der Waals surface area contributed by atoms with Gasteiger partial charge in [0.15, 0.2) is 0 Å². The number of hydrogen-bond donors (Lipinski definition) is 2. The molecule has 0 saturated heterocycles. The largest absolute Gasteiger partial charge is 0.383 e. The van der Waals surface area contributed by atoms with Gasteiger partial charge in [0.1, 0.15) is 0 Å². The minimum Gasteiger partial charge on any atom is -0.383 e. The molecule has 0 saturated carbocycles. The molecular formula is C13H16ClN3O2S. The van der Waals surface area contributed by atoms with Crippen LogP contribution in [0.4, 0.5) is 5.69 Å². The number of benzene rings is 1. The van der Waals surface area contributed by atoms with Crippen LogP contribution in [0.3, 0.4) is 0 Å². The van der Waals surface area contributed by atoms with E-state index in [0.29, 0.717) is 18.1 Å². The number of sulfonamides is 1. The molecular weight excluding hydrogens is 298 g/mol. The van der Waals surface area contributed by atoms with Crippen LogP contribution in [0.1, 0.15) is 6.92 Å². The molecule has 0 spiro atoms. The van der Waals surface area contributed by atoms with E-state index in [1.54, 1.807) is 25.3 Å². The van der Waals surface area contributed by atoms with Crippen LogP contribution >= 0.6 is 11.6 Å². The van der Waals surface area contributed by atoms with Crippen LogP contribution < -0.4 is 10.0 Å². The highest BCUT2D eigenvalue weighted by molar-refractivity contribution is 7.89. The second kappa shape index (κ2) is 6.39. The molecule has 0 atom stereocenters. The van der Waals surface area contributed by atoms with E-state index in [-0.39, 0.29) is 5.75 Å². The highest BCUT2D eigenvalue weighted by Crippen LogP contribution is 2.24. The monoisotopic (exact) mass is 313 g/mol. The van der Waals surface area contributed by atoms with Gasteiger partial charge in [0.2, 0.25) is 10.0 Å². The van der Waals surface area contributed by atoms with Crippen molar-refractivity contribution in [3.05, 3.63) is 35.5 Å². The van der Waals surface area contributed by atoms with Gasteiger partial charge in [-0.15, -0.1) is 0 Å². The standard InChI is InChI=1S/C13H16ClN3O2S/c1-2-17-20(18,19)8-7-16-12-5-6-15-13-9-10(14)3-4-11(12)13/h3-6,9,17H,2,7-8H2,1H3,(H,15,16). The van der Waals surface area contributed by atoms with Crippen LogP contribution in [0.2, 0.25) is 5.02 Å². The maximum atomic E-state index is 11.5. The summed E-state index contributed by atoms with van der Waals surface area (Å²) in [5, 5.41) is 4.66. The number of rotatable bonds is 6. The fourth-order valence-corrected chi connectivity index (χ4v) is 3.01. The Balaban J connectivity index is 2.11. The summed E-state index contributed by atoms with van der Waals surface area (Å²) < 4.78 is 25.6. The molecule has 108 valence electrons. The molecule has 1 aromatic heterocycles. The summed E-state index contributed by atoms with van der Waals surface area (Å²) in [6.07, 6.45) is 1.67. The molecule has 2 rings (SSSR count). The van der Waals surface area contributed by atoms with Crippen molar-refractivity contribution in [1.29, 1.82) is 0 Å². The normalized spacial score (nSPS) is 11.7. The Morgan fingerprint density at radius 3 is 2.85 bits per heavy atom. The van der Waals surface area contributed by atoms with Gasteiger partial charge in [-0.05, 0) is 24.3 Å². The number of nitrogens with one attached hydrogen (secondary N) is 2. The minimum atomic E-state index is -3.21. The number of pyridine rings is 1. The highest BCUT2D eigenvalue weighted by atomic mass is 35.5. The smallest absolute Gasteiger partial charge is 0.213 e. The minimum absolute atomic E-state index is 0.0260. The Kier molecular flexibility index (Phi) is 4.80. The van der Waals surface area contributed by atoms with Crippen LogP contribution in [-0.4, -0.2) is 32.2 Å². The molecule has 0 unspecified atom stereocenters. The predicted molar refractivity (Wildman–Crippen MR) is 82.7 cm³/mol. The second-order valence-corrected chi connectivity index (χ2v) is 6.63. The molecule has 0 bridgehead atoms. The van der Waals surface area contributed by atoms with Gasteiger partial charge >= 0.3 is 0 Å². The Morgan fingerprint density at radius 2 is 2.10 bits per heavy atom. The molecule has 0 radical (unpaired) electrons. The summed E-state index contributed by atoms with van der Waals surface area (Å²) >= 11 is 5.92. The number of anilines is 1. The second-order valence-electron chi connectivity index (χ2n) is 4.26. The van der Waals surface area contributed by atoms with Gasteiger partial charge in [-0.25, -0.2) is 13.1 Å². The van der Waals surface area contributed by atoms with E-state index < -0.39 is 10.0 Å². The van der Waals surface area contributed by atoms with Crippen molar-refractivity contribution in [3.8, 4) is 0 Å². The topological polar surface area (TPSA) is 71.1 Å². The summed E-state index contributed by atoms with van der Waals surface area (Å²) in [4.78, 5) is 4.23. The molecule has 0 aliphatic carbocycles. The van der Waals surface area contributed by atoms with E-state index >= 15 is 0 Å². The molecule has 2 N–H and O–H groups in total. The van der Waals surface area contributed by atoms with E-state index in [1.165, 1.54) is 0 Å². The first-order valence-corrected chi connectivity index (χ1v) is 8.30. The van der Waals surface area contributed by atoms with Crippen molar-refractivity contribution in [2.24, 2.45) is 0 Å². The summed E-state index contributed by atoms with van der Waals surface area (Å²) in [7, 11) is -3.21. The van der Waals surface area contributed by atoms with Gasteiger partial charge in [-0.2, -0.15) is 0 Å². The molecule has 20 heavy (non-hydrogen) atoms. The first-order chi connectivity index (χ1) is 9.52. The van der Waals surface area contributed by atoms with Gasteiger partial charge < -0.3 is 5.32 Å². The Morgan fingerprint density at radius 1 is 1.30 bits per heavy atom. The lowest BCUT2D eigenvalue weighted by molar-refractivity contribution is 0.584. The maximum Gasteiger partial charge on any atom is 0.213 e. The number of hydrogen-bond acceptors (Lipinski definition) is 4. The molecule has 1 aromatic carbocycles. The van der Waals surface area contributed by atoms with Gasteiger partial charge in [0.05, 0.1) is 11.3 Å². The van der Waals surface area contributed by atoms with Crippen molar-refractivity contribution < 1.29 is 8.42 Å². The number of fused-ring (bicyclic) bond motifs is 1. The average molecular weight is 314 g/mol. The third-order valence-electron chi connectivity index (χ3n) is 2.76. The lowest BCUT2D eigenvalue weighted by atomic mass is 10.2. The Hall–Kier alpha value is -1.37. The molecule has 0 aliphatic heterocycles. The first kappa shape index (κ1) is 15.0. The van der Waals surface area contributed by atoms with Gasteiger partial charge in [0, 0.05) is 35.4 Å². The van der Waals surface area contributed by atoms with Crippen molar-refractivity contribution in [2.75, 3.05) is 24.2 Å². The van der Waals surface area contributed by atoms with E-state index in [4.69, 9.17) is 11.6 Å². The Labute approximate surface area is 123 Å². The average Bonchev–Trinajstić information content (AvgIpc) is 2.38. The molecule has 2 aromatic rings. The summed E-state index contributed by atoms with van der Waals surface area (Å²) in [6.45, 7) is 2.49. The number of aromatic nitrogens is 1. The van der Waals surface area contributed by atoms with Crippen molar-refractivity contribution in [2.45, 2.75) is 6.92 Å². The summed E-state index contributed by atoms with van der Waals surface area (Å²) in [5.74, 6) is 0.0260. The van der Waals surface area contributed by atoms with E-state index in [2.05, 4.69) is 15.0 Å².